The molecule has 0 saturated carbocycles. The highest BCUT2D eigenvalue weighted by Gasteiger charge is 2.29. The fourth-order valence-electron chi connectivity index (χ4n) is 2.33. The Morgan fingerprint density at radius 3 is 2.62 bits per heavy atom. The minimum Gasteiger partial charge on any atom is -0.352 e. The van der Waals surface area contributed by atoms with Gasteiger partial charge in [-0.1, -0.05) is 6.08 Å². The summed E-state index contributed by atoms with van der Waals surface area (Å²) >= 11 is 0. The van der Waals surface area contributed by atoms with Crippen LogP contribution in [0.5, 0.6) is 0 Å². The number of rotatable bonds is 6. The summed E-state index contributed by atoms with van der Waals surface area (Å²) in [4.78, 5) is 27.4. The lowest BCUT2D eigenvalue weighted by Crippen LogP contribution is -2.53. The van der Waals surface area contributed by atoms with Gasteiger partial charge in [-0.2, -0.15) is 0 Å². The number of benzene rings is 1. The number of carbonyl (C=O) groups is 2. The van der Waals surface area contributed by atoms with Gasteiger partial charge in [-0.15, -0.1) is 0 Å². The van der Waals surface area contributed by atoms with Crippen LogP contribution in [0.25, 0.3) is 0 Å². The van der Waals surface area contributed by atoms with Gasteiger partial charge in [0.1, 0.15) is 0 Å². The van der Waals surface area contributed by atoms with Gasteiger partial charge >= 0.3 is 0 Å². The fraction of sp³-hybridized carbons (Fsp3) is 0.412. The predicted octanol–water partition coefficient (Wildman–Crippen LogP) is 1.27. The van der Waals surface area contributed by atoms with Crippen molar-refractivity contribution in [2.75, 3.05) is 40.3 Å². The van der Waals surface area contributed by atoms with E-state index in [0.29, 0.717) is 26.2 Å². The Morgan fingerprint density at radius 2 is 2.00 bits per heavy atom. The van der Waals surface area contributed by atoms with E-state index >= 15 is 0 Å². The number of halogens is 2. The van der Waals surface area contributed by atoms with Crippen molar-refractivity contribution in [1.29, 1.82) is 0 Å². The maximum atomic E-state index is 13.1. The van der Waals surface area contributed by atoms with Gasteiger partial charge in [0.25, 0.3) is 5.91 Å². The van der Waals surface area contributed by atoms with Gasteiger partial charge in [0.2, 0.25) is 5.91 Å². The molecule has 1 N–H and O–H groups in total. The van der Waals surface area contributed by atoms with E-state index in [-0.39, 0.29) is 17.4 Å². The molecule has 130 valence electrons. The van der Waals surface area contributed by atoms with Crippen LogP contribution in [0.4, 0.5) is 8.78 Å². The zero-order valence-electron chi connectivity index (χ0n) is 13.8. The highest BCUT2D eigenvalue weighted by Crippen LogP contribution is 2.15. The second-order valence-corrected chi connectivity index (χ2v) is 6.11. The zero-order valence-corrected chi connectivity index (χ0v) is 13.8. The molecule has 1 aliphatic heterocycles. The topological polar surface area (TPSA) is 52.7 Å². The number of hydrogen-bond donors (Lipinski definition) is 1. The molecular weight excluding hydrogens is 316 g/mol. The molecule has 1 aliphatic rings. The number of likely N-dealkylation sites (tertiary alicyclic amines) is 1. The number of likely N-dealkylation sites (N-methyl/N-ethyl adjacent to an activating group) is 1. The molecule has 0 bridgehead atoms. The number of carbonyl (C=O) groups excluding carboxylic acids is 2. The first-order valence-corrected chi connectivity index (χ1v) is 7.70. The minimum atomic E-state index is -1.05. The number of nitrogens with zero attached hydrogens (tertiary/aromatic N) is 2. The van der Waals surface area contributed by atoms with Gasteiger partial charge in [-0.3, -0.25) is 9.59 Å². The average Bonchev–Trinajstić information content (AvgIpc) is 2.47. The van der Waals surface area contributed by atoms with Crippen LogP contribution in [0.2, 0.25) is 0 Å². The summed E-state index contributed by atoms with van der Waals surface area (Å²) in [6.07, 6.45) is 3.36. The fourth-order valence-corrected chi connectivity index (χ4v) is 2.33. The lowest BCUT2D eigenvalue weighted by Gasteiger charge is -2.38. The maximum Gasteiger partial charge on any atom is 0.251 e. The van der Waals surface area contributed by atoms with Gasteiger partial charge in [-0.05, 0) is 32.3 Å². The Morgan fingerprint density at radius 1 is 1.29 bits per heavy atom. The van der Waals surface area contributed by atoms with E-state index in [1.54, 1.807) is 17.1 Å². The molecule has 1 saturated heterocycles. The second kappa shape index (κ2) is 8.01. The zero-order chi connectivity index (χ0) is 17.7. The lowest BCUT2D eigenvalue weighted by molar-refractivity contribution is -0.131. The smallest absolute Gasteiger partial charge is 0.251 e. The van der Waals surface area contributed by atoms with Crippen molar-refractivity contribution >= 4 is 11.8 Å². The molecule has 24 heavy (non-hydrogen) atoms. The molecule has 2 rings (SSSR count). The molecule has 1 heterocycles. The van der Waals surface area contributed by atoms with Crippen molar-refractivity contribution < 1.29 is 18.4 Å². The Kier molecular flexibility index (Phi) is 6.03. The Hall–Kier alpha value is -2.28. The van der Waals surface area contributed by atoms with Gasteiger partial charge < -0.3 is 15.1 Å². The molecule has 0 atom stereocenters. The van der Waals surface area contributed by atoms with Crippen molar-refractivity contribution in [1.82, 2.24) is 15.1 Å². The first-order chi connectivity index (χ1) is 11.4. The molecule has 0 aromatic heterocycles. The molecule has 1 aromatic carbocycles. The largest absolute Gasteiger partial charge is 0.352 e. The average molecular weight is 337 g/mol. The molecule has 0 spiro atoms. The molecule has 0 unspecified atom stereocenters. The van der Waals surface area contributed by atoms with Crippen molar-refractivity contribution in [3.8, 4) is 0 Å². The molecule has 0 aliphatic carbocycles. The van der Waals surface area contributed by atoms with Gasteiger partial charge in [0, 0.05) is 43.7 Å². The predicted molar refractivity (Wildman–Crippen MR) is 86.5 cm³/mol. The van der Waals surface area contributed by atoms with Crippen LogP contribution in [0.15, 0.2) is 30.4 Å². The van der Waals surface area contributed by atoms with E-state index in [1.807, 2.05) is 19.0 Å². The van der Waals surface area contributed by atoms with E-state index in [2.05, 4.69) is 5.32 Å². The molecule has 2 amide bonds. The maximum absolute atomic E-state index is 13.1. The summed E-state index contributed by atoms with van der Waals surface area (Å²) in [5.74, 6) is -2.36. The molecule has 7 heteroatoms. The van der Waals surface area contributed by atoms with E-state index < -0.39 is 17.5 Å². The summed E-state index contributed by atoms with van der Waals surface area (Å²) in [7, 11) is 3.84. The van der Waals surface area contributed by atoms with Crippen LogP contribution >= 0.6 is 0 Å². The third-order valence-corrected chi connectivity index (χ3v) is 3.73. The SMILES string of the molecule is CN(C)C/C=C/C(=O)N1CC(CNC(=O)c2ccc(F)c(F)c2)C1. The highest BCUT2D eigenvalue weighted by molar-refractivity contribution is 5.94. The standard InChI is InChI=1S/C17H21F2N3O2/c1-21(2)7-3-4-16(23)22-10-12(11-22)9-20-17(24)13-5-6-14(18)15(19)8-13/h3-6,8,12H,7,9-11H2,1-2H3,(H,20,24)/b4-3+. The number of hydrogen-bond acceptors (Lipinski definition) is 3. The second-order valence-electron chi connectivity index (χ2n) is 6.11. The van der Waals surface area contributed by atoms with Gasteiger partial charge in [0.05, 0.1) is 0 Å². The van der Waals surface area contributed by atoms with Crippen LogP contribution in [0, 0.1) is 17.6 Å². The minimum absolute atomic E-state index is 0.0416. The third-order valence-electron chi connectivity index (χ3n) is 3.73. The van der Waals surface area contributed by atoms with E-state index in [0.717, 1.165) is 12.1 Å². The first-order valence-electron chi connectivity index (χ1n) is 7.70. The summed E-state index contributed by atoms with van der Waals surface area (Å²) in [5, 5.41) is 2.67. The third kappa shape index (κ3) is 4.86. The van der Waals surface area contributed by atoms with Crippen molar-refractivity contribution in [3.05, 3.63) is 47.5 Å². The van der Waals surface area contributed by atoms with E-state index in [9.17, 15) is 18.4 Å². The van der Waals surface area contributed by atoms with Crippen LogP contribution in [-0.2, 0) is 4.79 Å². The molecule has 0 radical (unpaired) electrons. The number of amides is 2. The van der Waals surface area contributed by atoms with Crippen LogP contribution < -0.4 is 5.32 Å². The summed E-state index contributed by atoms with van der Waals surface area (Å²) in [6.45, 7) is 2.24. The molecular formula is C17H21F2N3O2. The molecule has 1 fully saturated rings. The van der Waals surface area contributed by atoms with E-state index in [1.165, 1.54) is 6.07 Å². The van der Waals surface area contributed by atoms with Crippen LogP contribution in [-0.4, -0.2) is 61.9 Å². The van der Waals surface area contributed by atoms with Crippen molar-refractivity contribution in [3.63, 3.8) is 0 Å². The Balaban J connectivity index is 1.71. The first kappa shape index (κ1) is 18.1. The van der Waals surface area contributed by atoms with Gasteiger partial charge in [-0.25, -0.2) is 8.78 Å². The molecule has 1 aromatic rings. The number of nitrogens with one attached hydrogen (secondary N) is 1. The van der Waals surface area contributed by atoms with Crippen molar-refractivity contribution in [2.45, 2.75) is 0 Å². The quantitative estimate of drug-likeness (QED) is 0.796. The van der Waals surface area contributed by atoms with Crippen LogP contribution in [0.1, 0.15) is 10.4 Å². The van der Waals surface area contributed by atoms with Gasteiger partial charge in [0.15, 0.2) is 11.6 Å². The monoisotopic (exact) mass is 337 g/mol. The summed E-state index contributed by atoms with van der Waals surface area (Å²) in [5.41, 5.74) is 0.0766. The van der Waals surface area contributed by atoms with E-state index in [4.69, 9.17) is 0 Å². The highest BCUT2D eigenvalue weighted by atomic mass is 19.2. The normalized spacial score (nSPS) is 15.0. The lowest BCUT2D eigenvalue weighted by atomic mass is 10.00. The van der Waals surface area contributed by atoms with Crippen LogP contribution in [0.3, 0.4) is 0 Å². The summed E-state index contributed by atoms with van der Waals surface area (Å²) in [6, 6.07) is 3.03. The Labute approximate surface area is 139 Å². The summed E-state index contributed by atoms with van der Waals surface area (Å²) < 4.78 is 25.9. The molecule has 5 nitrogen and oxygen atoms in total. The van der Waals surface area contributed by atoms with Crippen molar-refractivity contribution in [2.24, 2.45) is 5.92 Å². The Bertz CT molecular complexity index is 641.